The number of piperidine rings is 1. The molecule has 104 valence electrons. The first-order chi connectivity index (χ1) is 9.26. The summed E-state index contributed by atoms with van der Waals surface area (Å²) in [4.78, 5) is 14.2. The molecule has 3 heterocycles. The summed E-state index contributed by atoms with van der Waals surface area (Å²) in [5.74, 6) is 0. The molecule has 2 unspecified atom stereocenters. The lowest BCUT2D eigenvalue weighted by Crippen LogP contribution is -2.42. The van der Waals surface area contributed by atoms with Crippen molar-refractivity contribution >= 4 is 5.69 Å². The molecule has 1 aromatic rings. The predicted molar refractivity (Wildman–Crippen MR) is 77.6 cm³/mol. The molecule has 0 radical (unpaired) electrons. The second kappa shape index (κ2) is 5.37. The number of nitrogens with zero attached hydrogens (tertiary/aromatic N) is 2. The summed E-state index contributed by atoms with van der Waals surface area (Å²) < 4.78 is 1.76. The van der Waals surface area contributed by atoms with E-state index in [9.17, 15) is 4.79 Å². The van der Waals surface area contributed by atoms with Crippen molar-refractivity contribution in [1.82, 2.24) is 9.47 Å². The molecule has 0 amide bonds. The Balaban J connectivity index is 1.66. The third-order valence-electron chi connectivity index (χ3n) is 4.52. The third kappa shape index (κ3) is 2.68. The van der Waals surface area contributed by atoms with Gasteiger partial charge >= 0.3 is 0 Å². The number of aromatic nitrogens is 1. The van der Waals surface area contributed by atoms with Crippen molar-refractivity contribution < 1.29 is 0 Å². The van der Waals surface area contributed by atoms with Gasteiger partial charge in [-0.25, -0.2) is 0 Å². The second-order valence-corrected chi connectivity index (χ2v) is 5.74. The third-order valence-corrected chi connectivity index (χ3v) is 4.52. The van der Waals surface area contributed by atoms with Gasteiger partial charge in [-0.05, 0) is 45.2 Å². The zero-order chi connectivity index (χ0) is 13.2. The molecule has 0 saturated carbocycles. The average Bonchev–Trinajstić information content (AvgIpc) is 2.88. The largest absolute Gasteiger partial charge is 0.381 e. The van der Waals surface area contributed by atoms with Crippen LogP contribution in [0.2, 0.25) is 0 Å². The van der Waals surface area contributed by atoms with Crippen molar-refractivity contribution in [3.05, 3.63) is 28.7 Å². The van der Waals surface area contributed by atoms with Gasteiger partial charge in [-0.2, -0.15) is 0 Å². The van der Waals surface area contributed by atoms with E-state index < -0.39 is 0 Å². The van der Waals surface area contributed by atoms with E-state index in [0.717, 1.165) is 18.3 Å². The molecule has 0 spiro atoms. The van der Waals surface area contributed by atoms with Crippen LogP contribution in [0.1, 0.15) is 32.6 Å². The summed E-state index contributed by atoms with van der Waals surface area (Å²) in [6, 6.07) is 4.91. The van der Waals surface area contributed by atoms with Crippen LogP contribution in [0.5, 0.6) is 0 Å². The first-order valence-corrected chi connectivity index (χ1v) is 7.47. The van der Waals surface area contributed by atoms with Gasteiger partial charge in [0.15, 0.2) is 0 Å². The fourth-order valence-corrected chi connectivity index (χ4v) is 3.46. The van der Waals surface area contributed by atoms with Gasteiger partial charge in [0.05, 0.1) is 5.69 Å². The average molecular weight is 261 g/mol. The van der Waals surface area contributed by atoms with Crippen LogP contribution in [0.3, 0.4) is 0 Å². The van der Waals surface area contributed by atoms with Gasteiger partial charge in [-0.1, -0.05) is 0 Å². The van der Waals surface area contributed by atoms with Crippen LogP contribution in [-0.2, 0) is 6.54 Å². The minimum absolute atomic E-state index is 0.0821. The molecule has 19 heavy (non-hydrogen) atoms. The Morgan fingerprint density at radius 1 is 1.32 bits per heavy atom. The predicted octanol–water partition coefficient (Wildman–Crippen LogP) is 1.91. The fraction of sp³-hybridized carbons (Fsp3) is 0.667. The lowest BCUT2D eigenvalue weighted by Gasteiger charge is -2.35. The van der Waals surface area contributed by atoms with E-state index in [0.29, 0.717) is 6.04 Å². The SMILES string of the molecule is CCn1cc(NC2CCN3CCCC3C2)ccc1=O. The summed E-state index contributed by atoms with van der Waals surface area (Å²) in [6.07, 6.45) is 7.11. The zero-order valence-electron chi connectivity index (χ0n) is 11.6. The Morgan fingerprint density at radius 2 is 2.21 bits per heavy atom. The monoisotopic (exact) mass is 261 g/mol. The molecule has 2 atom stereocenters. The van der Waals surface area contributed by atoms with Gasteiger partial charge in [0, 0.05) is 37.4 Å². The van der Waals surface area contributed by atoms with Crippen molar-refractivity contribution in [3.8, 4) is 0 Å². The van der Waals surface area contributed by atoms with E-state index in [4.69, 9.17) is 0 Å². The highest BCUT2D eigenvalue weighted by Crippen LogP contribution is 2.28. The molecule has 2 fully saturated rings. The van der Waals surface area contributed by atoms with E-state index in [-0.39, 0.29) is 5.56 Å². The Kier molecular flexibility index (Phi) is 3.60. The number of nitrogens with one attached hydrogen (secondary N) is 1. The summed E-state index contributed by atoms with van der Waals surface area (Å²) >= 11 is 0. The maximum atomic E-state index is 11.6. The van der Waals surface area contributed by atoms with Crippen LogP contribution in [0.25, 0.3) is 0 Å². The number of anilines is 1. The Hall–Kier alpha value is -1.29. The van der Waals surface area contributed by atoms with Crippen LogP contribution in [-0.4, -0.2) is 34.6 Å². The smallest absolute Gasteiger partial charge is 0.250 e. The molecule has 0 aromatic carbocycles. The van der Waals surface area contributed by atoms with E-state index in [1.165, 1.54) is 38.8 Å². The molecule has 3 rings (SSSR count). The van der Waals surface area contributed by atoms with Crippen LogP contribution >= 0.6 is 0 Å². The van der Waals surface area contributed by atoms with Crippen LogP contribution < -0.4 is 10.9 Å². The molecule has 1 N–H and O–H groups in total. The van der Waals surface area contributed by atoms with E-state index in [1.807, 2.05) is 19.2 Å². The number of rotatable bonds is 3. The number of fused-ring (bicyclic) bond motifs is 1. The minimum atomic E-state index is 0.0821. The van der Waals surface area contributed by atoms with E-state index >= 15 is 0 Å². The number of pyridine rings is 1. The van der Waals surface area contributed by atoms with Gasteiger partial charge < -0.3 is 14.8 Å². The van der Waals surface area contributed by atoms with Crippen molar-refractivity contribution in [2.24, 2.45) is 0 Å². The highest BCUT2D eigenvalue weighted by Gasteiger charge is 2.31. The van der Waals surface area contributed by atoms with Gasteiger partial charge in [-0.3, -0.25) is 4.79 Å². The molecule has 2 saturated heterocycles. The first kappa shape index (κ1) is 12.7. The first-order valence-electron chi connectivity index (χ1n) is 7.47. The lowest BCUT2D eigenvalue weighted by atomic mass is 9.97. The lowest BCUT2D eigenvalue weighted by molar-refractivity contribution is 0.188. The van der Waals surface area contributed by atoms with Crippen LogP contribution in [0.15, 0.2) is 23.1 Å². The standard InChI is InChI=1S/C15H23N3O/c1-2-17-11-13(5-6-15(17)19)16-12-7-9-18-8-3-4-14(18)10-12/h5-6,11-12,14,16H,2-4,7-10H2,1H3. The van der Waals surface area contributed by atoms with Crippen LogP contribution in [0.4, 0.5) is 5.69 Å². The van der Waals surface area contributed by atoms with Crippen LogP contribution in [0, 0.1) is 0 Å². The van der Waals surface area contributed by atoms with E-state index in [1.54, 1.807) is 10.6 Å². The normalized spacial score (nSPS) is 27.2. The summed E-state index contributed by atoms with van der Waals surface area (Å²) in [5, 5.41) is 3.61. The summed E-state index contributed by atoms with van der Waals surface area (Å²) in [7, 11) is 0. The second-order valence-electron chi connectivity index (χ2n) is 5.74. The molecular weight excluding hydrogens is 238 g/mol. The minimum Gasteiger partial charge on any atom is -0.381 e. The quantitative estimate of drug-likeness (QED) is 0.903. The van der Waals surface area contributed by atoms with Crippen molar-refractivity contribution in [1.29, 1.82) is 0 Å². The highest BCUT2D eigenvalue weighted by molar-refractivity contribution is 5.41. The molecule has 4 nitrogen and oxygen atoms in total. The van der Waals surface area contributed by atoms with Gasteiger partial charge in [0.25, 0.3) is 5.56 Å². The van der Waals surface area contributed by atoms with Crippen molar-refractivity contribution in [2.45, 2.75) is 51.2 Å². The summed E-state index contributed by atoms with van der Waals surface area (Å²) in [5.41, 5.74) is 1.16. The molecule has 1 aromatic heterocycles. The van der Waals surface area contributed by atoms with E-state index in [2.05, 4.69) is 10.2 Å². The molecule has 0 bridgehead atoms. The highest BCUT2D eigenvalue weighted by atomic mass is 16.1. The zero-order valence-corrected chi connectivity index (χ0v) is 11.6. The van der Waals surface area contributed by atoms with Crippen molar-refractivity contribution in [2.75, 3.05) is 18.4 Å². The molecule has 2 aliphatic rings. The van der Waals surface area contributed by atoms with Gasteiger partial charge in [0.2, 0.25) is 0 Å². The number of hydrogen-bond acceptors (Lipinski definition) is 3. The Morgan fingerprint density at radius 3 is 3.05 bits per heavy atom. The topological polar surface area (TPSA) is 37.3 Å². The maximum Gasteiger partial charge on any atom is 0.250 e. The Labute approximate surface area is 114 Å². The van der Waals surface area contributed by atoms with Gasteiger partial charge in [0.1, 0.15) is 0 Å². The maximum absolute atomic E-state index is 11.6. The number of aryl methyl sites for hydroxylation is 1. The fourth-order valence-electron chi connectivity index (χ4n) is 3.46. The molecular formula is C15H23N3O. The van der Waals surface area contributed by atoms with Gasteiger partial charge in [-0.15, -0.1) is 0 Å². The molecule has 0 aliphatic carbocycles. The summed E-state index contributed by atoms with van der Waals surface area (Å²) in [6.45, 7) is 5.24. The number of hydrogen-bond donors (Lipinski definition) is 1. The Bertz CT molecular complexity index is 496. The molecule has 4 heteroatoms. The molecule has 2 aliphatic heterocycles. The van der Waals surface area contributed by atoms with Crippen molar-refractivity contribution in [3.63, 3.8) is 0 Å².